The predicted molar refractivity (Wildman–Crippen MR) is 83.3 cm³/mol. The summed E-state index contributed by atoms with van der Waals surface area (Å²) in [6.45, 7) is 6.57. The fourth-order valence-electron chi connectivity index (χ4n) is 2.24. The van der Waals surface area contributed by atoms with Gasteiger partial charge in [-0.15, -0.1) is 11.3 Å². The van der Waals surface area contributed by atoms with Crippen molar-refractivity contribution in [3.8, 4) is 0 Å². The SMILES string of the molecule is CC(C)(C)CC(CNc1nccc2sccc12)C(=O)O. The molecule has 2 aromatic rings. The molecule has 2 aromatic heterocycles. The van der Waals surface area contributed by atoms with Crippen LogP contribution in [0.3, 0.4) is 0 Å². The summed E-state index contributed by atoms with van der Waals surface area (Å²) < 4.78 is 1.16. The molecule has 0 spiro atoms. The highest BCUT2D eigenvalue weighted by atomic mass is 32.1. The Morgan fingerprint density at radius 3 is 2.85 bits per heavy atom. The monoisotopic (exact) mass is 292 g/mol. The van der Waals surface area contributed by atoms with Gasteiger partial charge in [0.15, 0.2) is 0 Å². The Morgan fingerprint density at radius 2 is 2.20 bits per heavy atom. The number of hydrogen-bond donors (Lipinski definition) is 2. The van der Waals surface area contributed by atoms with E-state index < -0.39 is 11.9 Å². The van der Waals surface area contributed by atoms with Crippen molar-refractivity contribution < 1.29 is 9.90 Å². The first-order valence-electron chi connectivity index (χ1n) is 6.66. The predicted octanol–water partition coefficient (Wildman–Crippen LogP) is 3.85. The van der Waals surface area contributed by atoms with Crippen molar-refractivity contribution in [1.29, 1.82) is 0 Å². The van der Waals surface area contributed by atoms with Gasteiger partial charge in [-0.1, -0.05) is 20.8 Å². The van der Waals surface area contributed by atoms with Crippen LogP contribution in [0.15, 0.2) is 23.7 Å². The molecule has 2 heterocycles. The Kier molecular flexibility index (Phi) is 4.28. The van der Waals surface area contributed by atoms with E-state index in [4.69, 9.17) is 0 Å². The standard InChI is InChI=1S/C15H20N2O2S/c1-15(2,3)8-10(14(18)19)9-17-13-11-5-7-20-12(11)4-6-16-13/h4-7,10H,8-9H2,1-3H3,(H,16,17)(H,18,19). The third-order valence-electron chi connectivity index (χ3n) is 3.10. The molecule has 0 aliphatic carbocycles. The van der Waals surface area contributed by atoms with Crippen molar-refractivity contribution in [2.24, 2.45) is 11.3 Å². The van der Waals surface area contributed by atoms with Gasteiger partial charge in [0, 0.05) is 22.8 Å². The number of fused-ring (bicyclic) bond motifs is 1. The molecule has 1 unspecified atom stereocenters. The second kappa shape index (κ2) is 5.79. The zero-order valence-electron chi connectivity index (χ0n) is 12.0. The Hall–Kier alpha value is -1.62. The fourth-order valence-corrected chi connectivity index (χ4v) is 3.02. The van der Waals surface area contributed by atoms with Crippen molar-refractivity contribution in [2.45, 2.75) is 27.2 Å². The van der Waals surface area contributed by atoms with Gasteiger partial charge >= 0.3 is 5.97 Å². The van der Waals surface area contributed by atoms with Crippen LogP contribution in [0.1, 0.15) is 27.2 Å². The third kappa shape index (κ3) is 3.70. The second-order valence-corrected chi connectivity index (χ2v) is 7.12. The van der Waals surface area contributed by atoms with Gasteiger partial charge in [-0.2, -0.15) is 0 Å². The molecular formula is C15H20N2O2S. The van der Waals surface area contributed by atoms with E-state index in [0.717, 1.165) is 15.9 Å². The van der Waals surface area contributed by atoms with E-state index in [9.17, 15) is 9.90 Å². The molecule has 20 heavy (non-hydrogen) atoms. The maximum atomic E-state index is 11.4. The molecule has 0 bridgehead atoms. The average Bonchev–Trinajstić information content (AvgIpc) is 2.81. The van der Waals surface area contributed by atoms with E-state index in [0.29, 0.717) is 13.0 Å². The van der Waals surface area contributed by atoms with Gasteiger partial charge in [-0.3, -0.25) is 4.79 Å². The Bertz CT molecular complexity index is 601. The summed E-state index contributed by atoms with van der Waals surface area (Å²) in [4.78, 5) is 15.7. The summed E-state index contributed by atoms with van der Waals surface area (Å²) in [5, 5.41) is 15.6. The van der Waals surface area contributed by atoms with Crippen LogP contribution in [0.5, 0.6) is 0 Å². The minimum atomic E-state index is -0.759. The number of anilines is 1. The number of rotatable bonds is 5. The van der Waals surface area contributed by atoms with Crippen molar-refractivity contribution in [2.75, 3.05) is 11.9 Å². The topological polar surface area (TPSA) is 62.2 Å². The quantitative estimate of drug-likeness (QED) is 0.878. The third-order valence-corrected chi connectivity index (χ3v) is 3.99. The molecule has 0 radical (unpaired) electrons. The summed E-state index contributed by atoms with van der Waals surface area (Å²) in [6, 6.07) is 3.98. The van der Waals surface area contributed by atoms with Gasteiger partial charge in [0.05, 0.1) is 5.92 Å². The second-order valence-electron chi connectivity index (χ2n) is 6.17. The van der Waals surface area contributed by atoms with Crippen molar-refractivity contribution in [1.82, 2.24) is 4.98 Å². The number of pyridine rings is 1. The van der Waals surface area contributed by atoms with Crippen LogP contribution in [-0.2, 0) is 4.79 Å². The largest absolute Gasteiger partial charge is 0.481 e. The van der Waals surface area contributed by atoms with E-state index in [2.05, 4.69) is 31.1 Å². The first-order chi connectivity index (χ1) is 9.37. The molecule has 0 aromatic carbocycles. The molecule has 0 aliphatic heterocycles. The Balaban J connectivity index is 2.09. The minimum absolute atomic E-state index is 0.00739. The lowest BCUT2D eigenvalue weighted by Crippen LogP contribution is -2.27. The molecule has 1 atom stereocenters. The fraction of sp³-hybridized carbons (Fsp3) is 0.467. The first-order valence-corrected chi connectivity index (χ1v) is 7.54. The van der Waals surface area contributed by atoms with Gasteiger partial charge in [0.1, 0.15) is 5.82 Å². The maximum Gasteiger partial charge on any atom is 0.308 e. The molecule has 5 heteroatoms. The van der Waals surface area contributed by atoms with Crippen LogP contribution in [0.2, 0.25) is 0 Å². The van der Waals surface area contributed by atoms with E-state index >= 15 is 0 Å². The lowest BCUT2D eigenvalue weighted by atomic mass is 9.84. The van der Waals surface area contributed by atoms with E-state index in [1.165, 1.54) is 0 Å². The molecule has 4 nitrogen and oxygen atoms in total. The number of nitrogens with one attached hydrogen (secondary N) is 1. The van der Waals surface area contributed by atoms with Crippen LogP contribution in [-0.4, -0.2) is 22.6 Å². The summed E-state index contributed by atoms with van der Waals surface area (Å²) in [7, 11) is 0. The van der Waals surface area contributed by atoms with Gasteiger partial charge in [-0.25, -0.2) is 4.98 Å². The molecule has 0 aliphatic rings. The van der Waals surface area contributed by atoms with Crippen molar-refractivity contribution in [3.63, 3.8) is 0 Å². The molecular weight excluding hydrogens is 272 g/mol. The Labute approximate surface area is 122 Å². The van der Waals surface area contributed by atoms with Gasteiger partial charge in [0.2, 0.25) is 0 Å². The summed E-state index contributed by atoms with van der Waals surface area (Å²) >= 11 is 1.66. The summed E-state index contributed by atoms with van der Waals surface area (Å²) in [6.07, 6.45) is 2.38. The molecule has 108 valence electrons. The summed E-state index contributed by atoms with van der Waals surface area (Å²) in [5.41, 5.74) is -0.00739. The number of carboxylic acids is 1. The van der Waals surface area contributed by atoms with Crippen LogP contribution in [0.4, 0.5) is 5.82 Å². The highest BCUT2D eigenvalue weighted by Gasteiger charge is 2.24. The number of aromatic nitrogens is 1. The van der Waals surface area contributed by atoms with Gasteiger partial charge in [0.25, 0.3) is 0 Å². The number of hydrogen-bond acceptors (Lipinski definition) is 4. The zero-order valence-corrected chi connectivity index (χ0v) is 12.8. The van der Waals surface area contributed by atoms with Crippen LogP contribution >= 0.6 is 11.3 Å². The number of aliphatic carboxylic acids is 1. The van der Waals surface area contributed by atoms with E-state index in [-0.39, 0.29) is 5.41 Å². The van der Waals surface area contributed by atoms with Gasteiger partial charge < -0.3 is 10.4 Å². The molecule has 0 saturated heterocycles. The van der Waals surface area contributed by atoms with Crippen LogP contribution in [0, 0.1) is 11.3 Å². The van der Waals surface area contributed by atoms with Gasteiger partial charge in [-0.05, 0) is 29.3 Å². The van der Waals surface area contributed by atoms with Crippen molar-refractivity contribution >= 4 is 33.2 Å². The number of carbonyl (C=O) groups is 1. The van der Waals surface area contributed by atoms with Crippen LogP contribution in [0.25, 0.3) is 10.1 Å². The summed E-state index contributed by atoms with van der Waals surface area (Å²) in [5.74, 6) is -0.403. The number of nitrogens with zero attached hydrogens (tertiary/aromatic N) is 1. The lowest BCUT2D eigenvalue weighted by Gasteiger charge is -2.23. The highest BCUT2D eigenvalue weighted by molar-refractivity contribution is 7.17. The molecule has 0 amide bonds. The smallest absolute Gasteiger partial charge is 0.308 e. The number of thiophene rings is 1. The number of carboxylic acid groups (broad SMARTS) is 1. The molecule has 2 rings (SSSR count). The molecule has 0 fully saturated rings. The highest BCUT2D eigenvalue weighted by Crippen LogP contribution is 2.28. The van der Waals surface area contributed by atoms with Crippen molar-refractivity contribution in [3.05, 3.63) is 23.7 Å². The van der Waals surface area contributed by atoms with Crippen LogP contribution < -0.4 is 5.32 Å². The maximum absolute atomic E-state index is 11.4. The molecule has 2 N–H and O–H groups in total. The van der Waals surface area contributed by atoms with E-state index in [1.807, 2.05) is 17.5 Å². The average molecular weight is 292 g/mol. The minimum Gasteiger partial charge on any atom is -0.481 e. The Morgan fingerprint density at radius 1 is 1.45 bits per heavy atom. The van der Waals surface area contributed by atoms with E-state index in [1.54, 1.807) is 17.5 Å². The lowest BCUT2D eigenvalue weighted by molar-refractivity contribution is -0.142. The normalized spacial score (nSPS) is 13.3. The zero-order chi connectivity index (χ0) is 14.8. The molecule has 0 saturated carbocycles. The first kappa shape index (κ1) is 14.8.